The van der Waals surface area contributed by atoms with Crippen molar-refractivity contribution in [1.29, 1.82) is 0 Å². The lowest BCUT2D eigenvalue weighted by atomic mass is 10.1. The SMILES string of the molecule is NC(=O)c1[nH]cnc1C(=O)N(c1ccc(OC2CCNCC2)cc1)c1nc2ccccc2[nH]1. The van der Waals surface area contributed by atoms with E-state index in [2.05, 4.69) is 25.3 Å². The molecule has 2 amide bonds. The fourth-order valence-electron chi connectivity index (χ4n) is 3.91. The van der Waals surface area contributed by atoms with Crippen molar-refractivity contribution < 1.29 is 14.3 Å². The van der Waals surface area contributed by atoms with Gasteiger partial charge in [0.25, 0.3) is 11.8 Å². The Morgan fingerprint density at radius 3 is 2.55 bits per heavy atom. The van der Waals surface area contributed by atoms with Crippen LogP contribution in [0.5, 0.6) is 5.75 Å². The van der Waals surface area contributed by atoms with Crippen LogP contribution in [0.25, 0.3) is 11.0 Å². The predicted molar refractivity (Wildman–Crippen MR) is 123 cm³/mol. The largest absolute Gasteiger partial charge is 0.490 e. The fraction of sp³-hybridized carbons (Fsp3) is 0.217. The number of aromatic nitrogens is 4. The number of anilines is 2. The van der Waals surface area contributed by atoms with Gasteiger partial charge in [-0.15, -0.1) is 0 Å². The van der Waals surface area contributed by atoms with Crippen LogP contribution in [0.4, 0.5) is 11.6 Å². The summed E-state index contributed by atoms with van der Waals surface area (Å²) in [5.74, 6) is -0.297. The zero-order chi connectivity index (χ0) is 22.8. The van der Waals surface area contributed by atoms with Gasteiger partial charge in [-0.05, 0) is 62.3 Å². The van der Waals surface area contributed by atoms with Crippen LogP contribution in [-0.2, 0) is 0 Å². The third-order valence-electron chi connectivity index (χ3n) is 5.56. The minimum Gasteiger partial charge on any atom is -0.490 e. The number of nitrogens with one attached hydrogen (secondary N) is 3. The highest BCUT2D eigenvalue weighted by atomic mass is 16.5. The van der Waals surface area contributed by atoms with Crippen molar-refractivity contribution in [3.63, 3.8) is 0 Å². The molecule has 0 saturated carbocycles. The molecule has 1 aliphatic rings. The number of imidazole rings is 2. The molecule has 3 heterocycles. The van der Waals surface area contributed by atoms with E-state index in [1.54, 1.807) is 12.1 Å². The van der Waals surface area contributed by atoms with Crippen molar-refractivity contribution >= 4 is 34.5 Å². The van der Waals surface area contributed by atoms with Crippen molar-refractivity contribution in [1.82, 2.24) is 25.3 Å². The van der Waals surface area contributed by atoms with E-state index in [0.717, 1.165) is 37.2 Å². The molecular weight excluding hydrogens is 422 g/mol. The summed E-state index contributed by atoms with van der Waals surface area (Å²) in [5.41, 5.74) is 7.28. The average Bonchev–Trinajstić information content (AvgIpc) is 3.48. The molecule has 0 radical (unpaired) electrons. The minimum absolute atomic E-state index is 0.0630. The van der Waals surface area contributed by atoms with E-state index in [1.807, 2.05) is 36.4 Å². The van der Waals surface area contributed by atoms with Gasteiger partial charge in [-0.25, -0.2) is 14.9 Å². The number of para-hydroxylation sites is 2. The topological polar surface area (TPSA) is 142 Å². The summed E-state index contributed by atoms with van der Waals surface area (Å²) in [5, 5.41) is 3.32. The second-order valence-corrected chi connectivity index (χ2v) is 7.77. The molecule has 33 heavy (non-hydrogen) atoms. The number of benzene rings is 2. The van der Waals surface area contributed by atoms with E-state index in [9.17, 15) is 9.59 Å². The van der Waals surface area contributed by atoms with Crippen molar-refractivity contribution in [2.24, 2.45) is 5.73 Å². The van der Waals surface area contributed by atoms with Gasteiger partial charge in [0, 0.05) is 0 Å². The van der Waals surface area contributed by atoms with Gasteiger partial charge in [-0.3, -0.25) is 9.59 Å². The highest BCUT2D eigenvalue weighted by Gasteiger charge is 2.28. The summed E-state index contributed by atoms with van der Waals surface area (Å²) in [7, 11) is 0. The van der Waals surface area contributed by atoms with E-state index in [0.29, 0.717) is 17.2 Å². The van der Waals surface area contributed by atoms with Crippen molar-refractivity contribution in [3.8, 4) is 5.75 Å². The number of rotatable bonds is 6. The first-order valence-electron chi connectivity index (χ1n) is 10.7. The molecule has 4 aromatic rings. The zero-order valence-electron chi connectivity index (χ0n) is 17.7. The quantitative estimate of drug-likeness (QED) is 0.359. The van der Waals surface area contributed by atoms with Gasteiger partial charge in [0.2, 0.25) is 5.95 Å². The van der Waals surface area contributed by atoms with Crippen LogP contribution < -0.4 is 20.7 Å². The van der Waals surface area contributed by atoms with Crippen molar-refractivity contribution in [2.75, 3.05) is 18.0 Å². The van der Waals surface area contributed by atoms with E-state index in [1.165, 1.54) is 11.2 Å². The Morgan fingerprint density at radius 1 is 1.06 bits per heavy atom. The Bertz CT molecular complexity index is 1260. The van der Waals surface area contributed by atoms with Gasteiger partial charge >= 0.3 is 0 Å². The van der Waals surface area contributed by atoms with E-state index < -0.39 is 11.8 Å². The maximum absolute atomic E-state index is 13.5. The first-order chi connectivity index (χ1) is 16.1. The molecule has 5 N–H and O–H groups in total. The third kappa shape index (κ3) is 4.15. The Kier molecular flexibility index (Phi) is 5.49. The second-order valence-electron chi connectivity index (χ2n) is 7.77. The molecule has 2 aromatic heterocycles. The number of amides is 2. The Labute approximate surface area is 189 Å². The first kappa shape index (κ1) is 20.7. The third-order valence-corrected chi connectivity index (χ3v) is 5.56. The molecule has 2 aromatic carbocycles. The second kappa shape index (κ2) is 8.75. The molecule has 0 atom stereocenters. The number of H-pyrrole nitrogens is 2. The number of aromatic amines is 2. The average molecular weight is 445 g/mol. The van der Waals surface area contributed by atoms with Crippen LogP contribution in [0, 0.1) is 0 Å². The minimum atomic E-state index is -0.772. The molecular formula is C23H23N7O3. The number of fused-ring (bicyclic) bond motifs is 1. The lowest BCUT2D eigenvalue weighted by molar-refractivity contribution is 0.0961. The van der Waals surface area contributed by atoms with Crippen LogP contribution in [0.15, 0.2) is 54.9 Å². The van der Waals surface area contributed by atoms with E-state index in [-0.39, 0.29) is 17.5 Å². The molecule has 1 aliphatic heterocycles. The van der Waals surface area contributed by atoms with Gasteiger partial charge < -0.3 is 25.8 Å². The standard InChI is InChI=1S/C23H23N7O3/c24-21(31)19-20(27-13-26-19)22(32)30(23-28-17-3-1-2-4-18(17)29-23)14-5-7-15(8-6-14)33-16-9-11-25-12-10-16/h1-8,13,16,25H,9-12H2,(H2,24,31)(H,26,27)(H,28,29). The number of ether oxygens (including phenoxy) is 1. The number of hydrogen-bond acceptors (Lipinski definition) is 6. The Balaban J connectivity index is 1.51. The van der Waals surface area contributed by atoms with Crippen LogP contribution in [0.2, 0.25) is 0 Å². The lowest BCUT2D eigenvalue weighted by Crippen LogP contribution is -2.34. The monoisotopic (exact) mass is 445 g/mol. The van der Waals surface area contributed by atoms with Crippen LogP contribution in [0.1, 0.15) is 33.8 Å². The number of carbonyl (C=O) groups excluding carboxylic acids is 2. The summed E-state index contributed by atoms with van der Waals surface area (Å²) in [6.45, 7) is 1.87. The molecule has 5 rings (SSSR count). The summed E-state index contributed by atoms with van der Waals surface area (Å²) >= 11 is 0. The molecule has 1 saturated heterocycles. The van der Waals surface area contributed by atoms with Gasteiger partial charge in [0.15, 0.2) is 5.69 Å². The van der Waals surface area contributed by atoms with Gasteiger partial charge in [0.05, 0.1) is 23.0 Å². The zero-order valence-corrected chi connectivity index (χ0v) is 17.7. The number of primary amides is 1. The predicted octanol–water partition coefficient (Wildman–Crippen LogP) is 2.49. The molecule has 0 spiro atoms. The molecule has 0 aliphatic carbocycles. The highest BCUT2D eigenvalue weighted by Crippen LogP contribution is 2.30. The molecule has 1 fully saturated rings. The van der Waals surface area contributed by atoms with Crippen LogP contribution in [0.3, 0.4) is 0 Å². The molecule has 10 nitrogen and oxygen atoms in total. The molecule has 168 valence electrons. The number of carbonyl (C=O) groups is 2. The Morgan fingerprint density at radius 2 is 1.82 bits per heavy atom. The van der Waals surface area contributed by atoms with Crippen LogP contribution >= 0.6 is 0 Å². The van der Waals surface area contributed by atoms with Gasteiger partial charge in [-0.2, -0.15) is 0 Å². The van der Waals surface area contributed by atoms with Crippen molar-refractivity contribution in [3.05, 3.63) is 66.2 Å². The number of nitrogens with zero attached hydrogens (tertiary/aromatic N) is 3. The molecule has 0 bridgehead atoms. The molecule has 10 heteroatoms. The van der Waals surface area contributed by atoms with Gasteiger partial charge in [-0.1, -0.05) is 12.1 Å². The maximum Gasteiger partial charge on any atom is 0.286 e. The summed E-state index contributed by atoms with van der Waals surface area (Å²) in [6.07, 6.45) is 3.31. The van der Waals surface area contributed by atoms with Crippen molar-refractivity contribution in [2.45, 2.75) is 18.9 Å². The van der Waals surface area contributed by atoms with E-state index >= 15 is 0 Å². The summed E-state index contributed by atoms with van der Waals surface area (Å²) in [6, 6.07) is 14.6. The smallest absolute Gasteiger partial charge is 0.286 e. The summed E-state index contributed by atoms with van der Waals surface area (Å²) < 4.78 is 6.08. The maximum atomic E-state index is 13.5. The normalized spacial score (nSPS) is 14.3. The van der Waals surface area contributed by atoms with Crippen LogP contribution in [-0.4, -0.2) is 50.9 Å². The first-order valence-corrected chi connectivity index (χ1v) is 10.7. The van der Waals surface area contributed by atoms with E-state index in [4.69, 9.17) is 10.5 Å². The number of hydrogen-bond donors (Lipinski definition) is 4. The molecule has 0 unspecified atom stereocenters. The summed E-state index contributed by atoms with van der Waals surface area (Å²) in [4.78, 5) is 41.1. The Hall–Kier alpha value is -4.18. The number of nitrogens with two attached hydrogens (primary N) is 1. The highest BCUT2D eigenvalue weighted by molar-refractivity contribution is 6.14. The fourth-order valence-corrected chi connectivity index (χ4v) is 3.91. The number of piperidine rings is 1. The van der Waals surface area contributed by atoms with Gasteiger partial charge in [0.1, 0.15) is 17.5 Å². The lowest BCUT2D eigenvalue weighted by Gasteiger charge is -2.24.